The highest BCUT2D eigenvalue weighted by molar-refractivity contribution is 5.72. The van der Waals surface area contributed by atoms with Crippen LogP contribution in [0, 0.1) is 0 Å². The molecule has 14 heavy (non-hydrogen) atoms. The largest absolute Gasteiger partial charge is 0.480 e. The molecule has 0 amide bonds. The summed E-state index contributed by atoms with van der Waals surface area (Å²) < 4.78 is 22.0. The molecular weight excluding hydrogens is 188 g/mol. The Labute approximate surface area is 86.3 Å². The van der Waals surface area contributed by atoms with Crippen molar-refractivity contribution in [3.63, 3.8) is 0 Å². The number of carboxylic acid groups (broad SMARTS) is 2. The number of carbonyl (C=O) groups is 2. The van der Waals surface area contributed by atoms with Gasteiger partial charge in [0, 0.05) is 2.74 Å². The molecule has 5 N–H and O–H groups in total. The molecule has 0 radical (unpaired) electrons. The Balaban J connectivity index is 4.02. The Bertz CT molecular complexity index is 296. The van der Waals surface area contributed by atoms with E-state index < -0.39 is 31.0 Å². The zero-order valence-electron chi connectivity index (χ0n) is 10.6. The maximum absolute atomic E-state index is 10.5. The van der Waals surface area contributed by atoms with Gasteiger partial charge in [-0.05, 0) is 19.3 Å². The summed E-state index contributed by atoms with van der Waals surface area (Å²) in [6, 6.07) is -2.14. The van der Waals surface area contributed by atoms with Gasteiger partial charge in [-0.15, -0.1) is 0 Å². The predicted octanol–water partition coefficient (Wildman–Crippen LogP) is -0.757. The molecule has 0 aromatic carbocycles. The SMILES string of the molecule is [2H]C([2H])(CCC[C@]([2H])(N)C(=O)O)NCC(=O)O. The van der Waals surface area contributed by atoms with Gasteiger partial charge in [-0.3, -0.25) is 9.59 Å². The first-order valence-electron chi connectivity index (χ1n) is 5.56. The molecule has 0 saturated heterocycles. The van der Waals surface area contributed by atoms with Gasteiger partial charge in [-0.2, -0.15) is 0 Å². The summed E-state index contributed by atoms with van der Waals surface area (Å²) in [6.07, 6.45) is -0.270. The van der Waals surface area contributed by atoms with Crippen molar-refractivity contribution < 1.29 is 23.9 Å². The Morgan fingerprint density at radius 1 is 1.50 bits per heavy atom. The van der Waals surface area contributed by atoms with Crippen molar-refractivity contribution in [1.29, 1.82) is 0 Å². The lowest BCUT2D eigenvalue weighted by atomic mass is 10.1. The van der Waals surface area contributed by atoms with Gasteiger partial charge in [0.05, 0.1) is 7.92 Å². The van der Waals surface area contributed by atoms with Gasteiger partial charge < -0.3 is 21.3 Å². The zero-order valence-corrected chi connectivity index (χ0v) is 7.62. The highest BCUT2D eigenvalue weighted by Gasteiger charge is 2.09. The average Bonchev–Trinajstić information content (AvgIpc) is 2.14. The van der Waals surface area contributed by atoms with E-state index in [0.29, 0.717) is 0 Å². The Morgan fingerprint density at radius 2 is 2.14 bits per heavy atom. The van der Waals surface area contributed by atoms with Crippen molar-refractivity contribution in [2.45, 2.75) is 25.3 Å². The van der Waals surface area contributed by atoms with Crippen molar-refractivity contribution in [3.8, 4) is 0 Å². The van der Waals surface area contributed by atoms with E-state index in [1.54, 1.807) is 0 Å². The second-order valence-electron chi connectivity index (χ2n) is 2.61. The first-order chi connectivity index (χ1) is 7.57. The minimum absolute atomic E-state index is 0.0614. The fourth-order valence-corrected chi connectivity index (χ4v) is 0.701. The van der Waals surface area contributed by atoms with Crippen molar-refractivity contribution in [2.24, 2.45) is 5.73 Å². The molecule has 0 bridgehead atoms. The average molecular weight is 207 g/mol. The van der Waals surface area contributed by atoms with Gasteiger partial charge in [0.1, 0.15) is 6.02 Å². The van der Waals surface area contributed by atoms with Gasteiger partial charge in [0.2, 0.25) is 0 Å². The first kappa shape index (κ1) is 8.19. The number of rotatable bonds is 8. The second-order valence-corrected chi connectivity index (χ2v) is 2.61. The smallest absolute Gasteiger partial charge is 0.320 e. The van der Waals surface area contributed by atoms with Crippen molar-refractivity contribution >= 4 is 11.9 Å². The molecule has 0 fully saturated rings. The minimum atomic E-state index is -2.14. The van der Waals surface area contributed by atoms with E-state index in [4.69, 9.17) is 20.1 Å². The summed E-state index contributed by atoms with van der Waals surface area (Å²) in [5.74, 6) is -2.66. The summed E-state index contributed by atoms with van der Waals surface area (Å²) >= 11 is 0. The van der Waals surface area contributed by atoms with E-state index in [-0.39, 0.29) is 19.3 Å². The number of aliphatic carboxylic acids is 2. The van der Waals surface area contributed by atoms with Gasteiger partial charge in [0.25, 0.3) is 0 Å². The molecule has 6 nitrogen and oxygen atoms in total. The number of nitrogens with one attached hydrogen (secondary N) is 1. The van der Waals surface area contributed by atoms with Gasteiger partial charge in [0.15, 0.2) is 0 Å². The molecule has 0 aliphatic rings. The maximum atomic E-state index is 10.5. The molecular formula is C8H16N2O4. The van der Waals surface area contributed by atoms with Crippen LogP contribution >= 0.6 is 0 Å². The lowest BCUT2D eigenvalue weighted by Crippen LogP contribution is -2.30. The van der Waals surface area contributed by atoms with Crippen LogP contribution < -0.4 is 11.1 Å². The molecule has 0 saturated carbocycles. The van der Waals surface area contributed by atoms with E-state index in [1.165, 1.54) is 0 Å². The highest BCUT2D eigenvalue weighted by Crippen LogP contribution is 1.97. The van der Waals surface area contributed by atoms with E-state index in [0.717, 1.165) is 0 Å². The molecule has 0 aliphatic heterocycles. The molecule has 0 unspecified atom stereocenters. The third-order valence-electron chi connectivity index (χ3n) is 1.39. The molecule has 0 spiro atoms. The second kappa shape index (κ2) is 7.28. The van der Waals surface area contributed by atoms with Crippen molar-refractivity contribution in [1.82, 2.24) is 5.32 Å². The standard InChI is InChI=1S/C8H16N2O4/c9-6(8(13)14)3-1-2-4-10-5-7(11)12/h6,10H,1-5,9H2,(H,11,12)(H,13,14)/t6-/m0/s1/i4D2,6D. The molecule has 0 heterocycles. The summed E-state index contributed by atoms with van der Waals surface area (Å²) in [4.78, 5) is 20.7. The van der Waals surface area contributed by atoms with Gasteiger partial charge >= 0.3 is 11.9 Å². The quantitative estimate of drug-likeness (QED) is 0.416. The van der Waals surface area contributed by atoms with E-state index in [2.05, 4.69) is 5.32 Å². The van der Waals surface area contributed by atoms with Crippen molar-refractivity contribution in [2.75, 3.05) is 13.0 Å². The molecule has 1 atom stereocenters. The molecule has 0 aliphatic carbocycles. The molecule has 0 aromatic rings. The summed E-state index contributed by atoms with van der Waals surface area (Å²) in [5.41, 5.74) is 5.14. The van der Waals surface area contributed by atoms with E-state index in [1.807, 2.05) is 0 Å². The maximum Gasteiger partial charge on any atom is 0.320 e. The minimum Gasteiger partial charge on any atom is -0.480 e. The molecule has 6 heteroatoms. The lowest BCUT2D eigenvalue weighted by Gasteiger charge is -2.05. The zero-order chi connectivity index (χ0) is 13.7. The van der Waals surface area contributed by atoms with E-state index >= 15 is 0 Å². The summed E-state index contributed by atoms with van der Waals surface area (Å²) in [7, 11) is 0. The van der Waals surface area contributed by atoms with Gasteiger partial charge in [-0.25, -0.2) is 0 Å². The summed E-state index contributed by atoms with van der Waals surface area (Å²) in [5, 5.41) is 19.1. The third kappa shape index (κ3) is 7.51. The Kier molecular flexibility index (Phi) is 4.26. The van der Waals surface area contributed by atoms with Crippen molar-refractivity contribution in [3.05, 3.63) is 0 Å². The first-order valence-corrected chi connectivity index (χ1v) is 4.06. The molecule has 0 rings (SSSR count). The van der Waals surface area contributed by atoms with Crippen LogP contribution in [0.15, 0.2) is 0 Å². The molecule has 0 aromatic heterocycles. The van der Waals surface area contributed by atoms with Gasteiger partial charge in [-0.1, -0.05) is 6.42 Å². The Hall–Kier alpha value is -1.14. The number of hydrogen-bond acceptors (Lipinski definition) is 4. The predicted molar refractivity (Wildman–Crippen MR) is 50.0 cm³/mol. The number of hydrogen-bond donors (Lipinski definition) is 4. The van der Waals surface area contributed by atoms with Crippen LogP contribution in [0.2, 0.25) is 0 Å². The topological polar surface area (TPSA) is 113 Å². The van der Waals surface area contributed by atoms with E-state index in [9.17, 15) is 9.59 Å². The van der Waals surface area contributed by atoms with Crippen LogP contribution in [0.4, 0.5) is 0 Å². The number of carboxylic acids is 2. The van der Waals surface area contributed by atoms with Crippen LogP contribution in [-0.2, 0) is 9.59 Å². The van der Waals surface area contributed by atoms with Crippen LogP contribution in [0.25, 0.3) is 0 Å². The van der Waals surface area contributed by atoms with Crippen LogP contribution in [0.3, 0.4) is 0 Å². The number of nitrogens with two attached hydrogens (primary N) is 1. The van der Waals surface area contributed by atoms with Crippen LogP contribution in [0.5, 0.6) is 0 Å². The third-order valence-corrected chi connectivity index (χ3v) is 1.39. The molecule has 82 valence electrons. The fraction of sp³-hybridized carbons (Fsp3) is 0.750. The van der Waals surface area contributed by atoms with Crippen LogP contribution in [0.1, 0.15) is 23.4 Å². The lowest BCUT2D eigenvalue weighted by molar-refractivity contribution is -0.138. The fourth-order valence-electron chi connectivity index (χ4n) is 0.701. The highest BCUT2D eigenvalue weighted by atomic mass is 16.4. The summed E-state index contributed by atoms with van der Waals surface area (Å²) in [6.45, 7) is -2.45. The Morgan fingerprint density at radius 3 is 2.64 bits per heavy atom. The monoisotopic (exact) mass is 207 g/mol. The van der Waals surface area contributed by atoms with Crippen LogP contribution in [-0.4, -0.2) is 41.2 Å². The normalized spacial score (nSPS) is 18.8.